The Balaban J connectivity index is 1.32. The lowest BCUT2D eigenvalue weighted by Crippen LogP contribution is -2.48. The standard InChI is InChI=1S/C24H24N4O/c29-23(13-7-10-20-8-3-1-4-9-20)28-18-16-27(17-19-28)22-14-15-25-24(26-22)21-11-5-2-6-12-21/h1-12,14-15H,13,16-19H2/b10-7+. The molecule has 3 aromatic rings. The third kappa shape index (κ3) is 4.88. The normalized spacial score (nSPS) is 14.3. The van der Waals surface area contributed by atoms with E-state index in [2.05, 4.69) is 9.88 Å². The van der Waals surface area contributed by atoms with Crippen LogP contribution in [0.1, 0.15) is 12.0 Å². The van der Waals surface area contributed by atoms with Gasteiger partial charge in [0.05, 0.1) is 0 Å². The first-order valence-corrected chi connectivity index (χ1v) is 9.92. The number of nitrogens with zero attached hydrogens (tertiary/aromatic N) is 4. The summed E-state index contributed by atoms with van der Waals surface area (Å²) in [6.45, 7) is 2.98. The average Bonchev–Trinajstić information content (AvgIpc) is 2.80. The molecule has 1 fully saturated rings. The molecule has 0 bridgehead atoms. The van der Waals surface area contributed by atoms with Crippen LogP contribution in [0.3, 0.4) is 0 Å². The molecule has 1 aromatic heterocycles. The maximum absolute atomic E-state index is 12.5. The molecule has 0 spiro atoms. The number of aromatic nitrogens is 2. The number of piperazine rings is 1. The van der Waals surface area contributed by atoms with Gasteiger partial charge in [0.1, 0.15) is 5.82 Å². The van der Waals surface area contributed by atoms with Gasteiger partial charge >= 0.3 is 0 Å². The fourth-order valence-corrected chi connectivity index (χ4v) is 3.43. The van der Waals surface area contributed by atoms with E-state index in [1.54, 1.807) is 6.20 Å². The number of rotatable bonds is 5. The highest BCUT2D eigenvalue weighted by atomic mass is 16.2. The van der Waals surface area contributed by atoms with Crippen molar-refractivity contribution < 1.29 is 4.79 Å². The summed E-state index contributed by atoms with van der Waals surface area (Å²) in [5, 5.41) is 0. The lowest BCUT2D eigenvalue weighted by Gasteiger charge is -2.35. The number of amides is 1. The Kier molecular flexibility index (Phi) is 5.95. The largest absolute Gasteiger partial charge is 0.353 e. The molecule has 0 saturated carbocycles. The first-order valence-electron chi connectivity index (χ1n) is 9.92. The zero-order valence-corrected chi connectivity index (χ0v) is 16.3. The summed E-state index contributed by atoms with van der Waals surface area (Å²) >= 11 is 0. The SMILES string of the molecule is O=C(C/C=C/c1ccccc1)N1CCN(c2ccnc(-c3ccccc3)n2)CC1. The van der Waals surface area contributed by atoms with Crippen LogP contribution in [0.25, 0.3) is 17.5 Å². The molecule has 0 radical (unpaired) electrons. The van der Waals surface area contributed by atoms with Crippen LogP contribution in [-0.4, -0.2) is 47.0 Å². The highest BCUT2D eigenvalue weighted by Crippen LogP contribution is 2.19. The molecular weight excluding hydrogens is 360 g/mol. The van der Waals surface area contributed by atoms with Crippen molar-refractivity contribution in [1.29, 1.82) is 0 Å². The number of carbonyl (C=O) groups excluding carboxylic acids is 1. The van der Waals surface area contributed by atoms with Crippen molar-refractivity contribution >= 4 is 17.8 Å². The zero-order chi connectivity index (χ0) is 19.9. The van der Waals surface area contributed by atoms with Gasteiger partial charge in [-0.2, -0.15) is 0 Å². The van der Waals surface area contributed by atoms with Gasteiger partial charge in [-0.25, -0.2) is 9.97 Å². The van der Waals surface area contributed by atoms with Gasteiger partial charge in [0.2, 0.25) is 5.91 Å². The highest BCUT2D eigenvalue weighted by Gasteiger charge is 2.21. The second kappa shape index (κ2) is 9.15. The van der Waals surface area contributed by atoms with Crippen LogP contribution in [0, 0.1) is 0 Å². The quantitative estimate of drug-likeness (QED) is 0.670. The second-order valence-corrected chi connectivity index (χ2v) is 6.99. The van der Waals surface area contributed by atoms with E-state index in [-0.39, 0.29) is 5.91 Å². The smallest absolute Gasteiger partial charge is 0.226 e. The van der Waals surface area contributed by atoms with Gasteiger partial charge in [0, 0.05) is 44.4 Å². The maximum atomic E-state index is 12.5. The Morgan fingerprint density at radius 3 is 2.31 bits per heavy atom. The molecule has 2 heterocycles. The molecule has 0 atom stereocenters. The number of benzene rings is 2. The molecule has 4 rings (SSSR count). The maximum Gasteiger partial charge on any atom is 0.226 e. The Morgan fingerprint density at radius 1 is 0.897 bits per heavy atom. The van der Waals surface area contributed by atoms with E-state index in [0.29, 0.717) is 19.5 Å². The number of hydrogen-bond donors (Lipinski definition) is 0. The summed E-state index contributed by atoms with van der Waals surface area (Å²) in [6.07, 6.45) is 6.18. The predicted octanol–water partition coefficient (Wildman–Crippen LogP) is 3.90. The molecule has 1 saturated heterocycles. The molecule has 0 aliphatic carbocycles. The van der Waals surface area contributed by atoms with E-state index in [1.165, 1.54) is 0 Å². The average molecular weight is 384 g/mol. The molecule has 5 nitrogen and oxygen atoms in total. The lowest BCUT2D eigenvalue weighted by molar-refractivity contribution is -0.130. The van der Waals surface area contributed by atoms with Crippen molar-refractivity contribution in [2.45, 2.75) is 6.42 Å². The third-order valence-electron chi connectivity index (χ3n) is 5.03. The molecule has 1 amide bonds. The van der Waals surface area contributed by atoms with E-state index < -0.39 is 0 Å². The minimum atomic E-state index is 0.171. The Labute approximate surface area is 171 Å². The van der Waals surface area contributed by atoms with Gasteiger partial charge in [-0.3, -0.25) is 4.79 Å². The predicted molar refractivity (Wildman–Crippen MR) is 116 cm³/mol. The van der Waals surface area contributed by atoms with E-state index in [9.17, 15) is 4.79 Å². The van der Waals surface area contributed by atoms with E-state index in [0.717, 1.165) is 35.9 Å². The van der Waals surface area contributed by atoms with Gasteiger partial charge in [0.25, 0.3) is 0 Å². The number of carbonyl (C=O) groups is 1. The Hall–Kier alpha value is -3.47. The van der Waals surface area contributed by atoms with Crippen LogP contribution < -0.4 is 4.90 Å². The molecule has 5 heteroatoms. The van der Waals surface area contributed by atoms with Gasteiger partial charge in [0.15, 0.2) is 5.82 Å². The molecule has 0 N–H and O–H groups in total. The highest BCUT2D eigenvalue weighted by molar-refractivity contribution is 5.79. The van der Waals surface area contributed by atoms with Gasteiger partial charge in [-0.05, 0) is 11.6 Å². The zero-order valence-electron chi connectivity index (χ0n) is 16.3. The summed E-state index contributed by atoms with van der Waals surface area (Å²) in [6, 6.07) is 22.0. The van der Waals surface area contributed by atoms with E-state index >= 15 is 0 Å². The molecular formula is C24H24N4O. The van der Waals surface area contributed by atoms with Crippen molar-refractivity contribution in [3.63, 3.8) is 0 Å². The summed E-state index contributed by atoms with van der Waals surface area (Å²) in [5.41, 5.74) is 2.12. The molecule has 1 aliphatic rings. The monoisotopic (exact) mass is 384 g/mol. The topological polar surface area (TPSA) is 49.3 Å². The second-order valence-electron chi connectivity index (χ2n) is 6.99. The van der Waals surface area contributed by atoms with Crippen molar-refractivity contribution in [3.05, 3.63) is 84.6 Å². The van der Waals surface area contributed by atoms with Crippen LogP contribution in [0.5, 0.6) is 0 Å². The van der Waals surface area contributed by atoms with Gasteiger partial charge in [-0.15, -0.1) is 0 Å². The van der Waals surface area contributed by atoms with Crippen LogP contribution in [0.2, 0.25) is 0 Å². The first-order chi connectivity index (χ1) is 14.3. The van der Waals surface area contributed by atoms with Gasteiger partial charge in [-0.1, -0.05) is 72.8 Å². The summed E-state index contributed by atoms with van der Waals surface area (Å²) in [4.78, 5) is 25.8. The number of hydrogen-bond acceptors (Lipinski definition) is 4. The van der Waals surface area contributed by atoms with Crippen molar-refractivity contribution in [1.82, 2.24) is 14.9 Å². The van der Waals surface area contributed by atoms with Crippen LogP contribution in [-0.2, 0) is 4.79 Å². The van der Waals surface area contributed by atoms with Crippen molar-refractivity contribution in [3.8, 4) is 11.4 Å². The Bertz CT molecular complexity index is 964. The van der Waals surface area contributed by atoms with Crippen molar-refractivity contribution in [2.24, 2.45) is 0 Å². The molecule has 0 unspecified atom stereocenters. The molecule has 146 valence electrons. The van der Waals surface area contributed by atoms with Crippen LogP contribution in [0.15, 0.2) is 79.0 Å². The molecule has 2 aromatic carbocycles. The number of anilines is 1. The Morgan fingerprint density at radius 2 is 1.59 bits per heavy atom. The third-order valence-corrected chi connectivity index (χ3v) is 5.03. The fraction of sp³-hybridized carbons (Fsp3) is 0.208. The van der Waals surface area contributed by atoms with Crippen molar-refractivity contribution in [2.75, 3.05) is 31.1 Å². The summed E-state index contributed by atoms with van der Waals surface area (Å²) in [7, 11) is 0. The lowest BCUT2D eigenvalue weighted by atomic mass is 10.2. The minimum absolute atomic E-state index is 0.171. The van der Waals surface area contributed by atoms with E-state index in [4.69, 9.17) is 4.98 Å². The fourth-order valence-electron chi connectivity index (χ4n) is 3.43. The van der Waals surface area contributed by atoms with Crippen LogP contribution >= 0.6 is 0 Å². The van der Waals surface area contributed by atoms with Crippen LogP contribution in [0.4, 0.5) is 5.82 Å². The minimum Gasteiger partial charge on any atom is -0.353 e. The summed E-state index contributed by atoms with van der Waals surface area (Å²) < 4.78 is 0. The summed E-state index contributed by atoms with van der Waals surface area (Å²) in [5.74, 6) is 1.81. The molecule has 1 aliphatic heterocycles. The molecule has 29 heavy (non-hydrogen) atoms. The van der Waals surface area contributed by atoms with E-state index in [1.807, 2.05) is 83.8 Å². The first kappa shape index (κ1) is 18.9. The van der Waals surface area contributed by atoms with Gasteiger partial charge < -0.3 is 9.80 Å².